The first-order chi connectivity index (χ1) is 8.56. The van der Waals surface area contributed by atoms with Crippen LogP contribution in [0.1, 0.15) is 50.8 Å². The van der Waals surface area contributed by atoms with Crippen molar-refractivity contribution in [3.8, 4) is 0 Å². The van der Waals surface area contributed by atoms with Crippen molar-refractivity contribution in [2.45, 2.75) is 51.7 Å². The Labute approximate surface area is 111 Å². The maximum Gasteiger partial charge on any atom is 0.0828 e. The summed E-state index contributed by atoms with van der Waals surface area (Å²) in [5.41, 5.74) is 3.05. The molecule has 0 spiro atoms. The minimum Gasteiger partial charge on any atom is -0.372 e. The Hall–Kier alpha value is -0.860. The molecule has 0 radical (unpaired) electrons. The molecule has 0 amide bonds. The topological polar surface area (TPSA) is 21.3 Å². The van der Waals surface area contributed by atoms with E-state index in [1.807, 2.05) is 0 Å². The van der Waals surface area contributed by atoms with Gasteiger partial charge in [-0.05, 0) is 51.2 Å². The van der Waals surface area contributed by atoms with Crippen molar-refractivity contribution < 1.29 is 4.74 Å². The maximum absolute atomic E-state index is 6.04. The second-order valence-electron chi connectivity index (χ2n) is 6.13. The van der Waals surface area contributed by atoms with E-state index >= 15 is 0 Å². The van der Waals surface area contributed by atoms with Gasteiger partial charge in [0.15, 0.2) is 0 Å². The predicted molar refractivity (Wildman–Crippen MR) is 75.8 cm³/mol. The molecule has 0 saturated heterocycles. The first-order valence-corrected chi connectivity index (χ1v) is 7.01. The van der Waals surface area contributed by atoms with E-state index in [0.29, 0.717) is 6.10 Å². The quantitative estimate of drug-likeness (QED) is 0.823. The van der Waals surface area contributed by atoms with Crippen molar-refractivity contribution >= 4 is 0 Å². The Kier molecular flexibility index (Phi) is 4.41. The van der Waals surface area contributed by atoms with Gasteiger partial charge in [0.1, 0.15) is 0 Å². The minimum atomic E-state index is 0.174. The summed E-state index contributed by atoms with van der Waals surface area (Å²) < 4.78 is 6.04. The molecular weight excluding hydrogens is 222 g/mol. The van der Waals surface area contributed by atoms with Crippen LogP contribution in [0.3, 0.4) is 0 Å². The van der Waals surface area contributed by atoms with Gasteiger partial charge in [0, 0.05) is 12.1 Å². The summed E-state index contributed by atoms with van der Waals surface area (Å²) in [6, 6.07) is 8.70. The molecule has 2 nitrogen and oxygen atoms in total. The summed E-state index contributed by atoms with van der Waals surface area (Å²) in [6.45, 7) is 8.26. The number of hydrogen-bond acceptors (Lipinski definition) is 2. The molecule has 1 aliphatic carbocycles. The van der Waals surface area contributed by atoms with Gasteiger partial charge in [-0.15, -0.1) is 0 Å². The number of aryl methyl sites for hydroxylation is 1. The van der Waals surface area contributed by atoms with E-state index in [-0.39, 0.29) is 5.54 Å². The summed E-state index contributed by atoms with van der Waals surface area (Å²) in [5, 5.41) is 3.46. The van der Waals surface area contributed by atoms with Gasteiger partial charge in [0.2, 0.25) is 0 Å². The van der Waals surface area contributed by atoms with Crippen molar-refractivity contribution in [3.05, 3.63) is 35.4 Å². The summed E-state index contributed by atoms with van der Waals surface area (Å²) in [7, 11) is 0. The minimum absolute atomic E-state index is 0.174. The van der Waals surface area contributed by atoms with E-state index in [9.17, 15) is 0 Å². The van der Waals surface area contributed by atoms with Gasteiger partial charge in [-0.3, -0.25) is 0 Å². The standard InChI is InChI=1S/C16H25NO/c1-16(2,3)17-11-12-18-15-10-6-8-13-7-4-5-9-14(13)15/h4-5,7,9,15,17H,6,8,10-12H2,1-3H3. The van der Waals surface area contributed by atoms with Crippen LogP contribution in [-0.2, 0) is 11.2 Å². The van der Waals surface area contributed by atoms with E-state index in [0.717, 1.165) is 19.6 Å². The highest BCUT2D eigenvalue weighted by Gasteiger charge is 2.20. The molecule has 0 bridgehead atoms. The average molecular weight is 247 g/mol. The largest absolute Gasteiger partial charge is 0.372 e. The molecule has 1 N–H and O–H groups in total. The van der Waals surface area contributed by atoms with Crippen molar-refractivity contribution in [1.29, 1.82) is 0 Å². The lowest BCUT2D eigenvalue weighted by atomic mass is 9.89. The lowest BCUT2D eigenvalue weighted by molar-refractivity contribution is 0.0403. The van der Waals surface area contributed by atoms with Crippen LogP contribution >= 0.6 is 0 Å². The highest BCUT2D eigenvalue weighted by Crippen LogP contribution is 2.31. The van der Waals surface area contributed by atoms with Gasteiger partial charge >= 0.3 is 0 Å². The van der Waals surface area contributed by atoms with Gasteiger partial charge in [0.05, 0.1) is 12.7 Å². The fourth-order valence-electron chi connectivity index (χ4n) is 2.51. The van der Waals surface area contributed by atoms with Crippen LogP contribution in [0.5, 0.6) is 0 Å². The maximum atomic E-state index is 6.04. The van der Waals surface area contributed by atoms with Crippen molar-refractivity contribution in [2.24, 2.45) is 0 Å². The molecule has 0 fully saturated rings. The number of ether oxygens (including phenoxy) is 1. The van der Waals surface area contributed by atoms with Gasteiger partial charge < -0.3 is 10.1 Å². The number of nitrogens with one attached hydrogen (secondary N) is 1. The van der Waals surface area contributed by atoms with Crippen LogP contribution < -0.4 is 5.32 Å². The van der Waals surface area contributed by atoms with Crippen molar-refractivity contribution in [2.75, 3.05) is 13.2 Å². The monoisotopic (exact) mass is 247 g/mol. The second kappa shape index (κ2) is 5.85. The number of fused-ring (bicyclic) bond motifs is 1. The van der Waals surface area contributed by atoms with Crippen molar-refractivity contribution in [1.82, 2.24) is 5.32 Å². The van der Waals surface area contributed by atoms with Crippen molar-refractivity contribution in [3.63, 3.8) is 0 Å². The Balaban J connectivity index is 1.84. The zero-order chi connectivity index (χ0) is 13.0. The molecule has 0 aromatic heterocycles. The first kappa shape index (κ1) is 13.6. The number of hydrogen-bond donors (Lipinski definition) is 1. The molecule has 1 atom stereocenters. The zero-order valence-corrected chi connectivity index (χ0v) is 11.8. The fraction of sp³-hybridized carbons (Fsp3) is 0.625. The van der Waals surface area contributed by atoms with Crippen LogP contribution in [0.2, 0.25) is 0 Å². The average Bonchev–Trinajstić information content (AvgIpc) is 2.33. The Bertz CT molecular complexity index is 381. The third-order valence-corrected chi connectivity index (χ3v) is 3.39. The van der Waals surface area contributed by atoms with Gasteiger partial charge in [-0.1, -0.05) is 24.3 Å². The Morgan fingerprint density at radius 1 is 1.28 bits per heavy atom. The molecule has 1 aliphatic rings. The highest BCUT2D eigenvalue weighted by molar-refractivity contribution is 5.31. The van der Waals surface area contributed by atoms with Crippen LogP contribution in [-0.4, -0.2) is 18.7 Å². The highest BCUT2D eigenvalue weighted by atomic mass is 16.5. The lowest BCUT2D eigenvalue weighted by Gasteiger charge is -2.27. The smallest absolute Gasteiger partial charge is 0.0828 e. The summed E-state index contributed by atoms with van der Waals surface area (Å²) in [6.07, 6.45) is 3.91. The lowest BCUT2D eigenvalue weighted by Crippen LogP contribution is -2.38. The van der Waals surface area contributed by atoms with Gasteiger partial charge in [0.25, 0.3) is 0 Å². The van der Waals surface area contributed by atoms with Crippen LogP contribution in [0.25, 0.3) is 0 Å². The summed E-state index contributed by atoms with van der Waals surface area (Å²) in [5.74, 6) is 0. The molecular formula is C16H25NO. The normalized spacial score (nSPS) is 19.6. The summed E-state index contributed by atoms with van der Waals surface area (Å²) in [4.78, 5) is 0. The molecule has 0 saturated carbocycles. The molecule has 1 aromatic carbocycles. The zero-order valence-electron chi connectivity index (χ0n) is 11.8. The van der Waals surface area contributed by atoms with E-state index in [4.69, 9.17) is 4.74 Å². The summed E-state index contributed by atoms with van der Waals surface area (Å²) >= 11 is 0. The second-order valence-corrected chi connectivity index (χ2v) is 6.13. The Morgan fingerprint density at radius 3 is 2.83 bits per heavy atom. The third kappa shape index (κ3) is 3.82. The predicted octanol–water partition coefficient (Wildman–Crippen LogP) is 3.47. The molecule has 2 rings (SSSR count). The number of benzene rings is 1. The van der Waals surface area contributed by atoms with E-state index in [1.165, 1.54) is 24.0 Å². The van der Waals surface area contributed by atoms with E-state index in [2.05, 4.69) is 50.4 Å². The van der Waals surface area contributed by atoms with Crippen LogP contribution in [0.4, 0.5) is 0 Å². The molecule has 1 aromatic rings. The van der Waals surface area contributed by atoms with Gasteiger partial charge in [-0.2, -0.15) is 0 Å². The molecule has 0 heterocycles. The molecule has 100 valence electrons. The van der Waals surface area contributed by atoms with Crippen LogP contribution in [0, 0.1) is 0 Å². The molecule has 0 aliphatic heterocycles. The third-order valence-electron chi connectivity index (χ3n) is 3.39. The molecule has 1 unspecified atom stereocenters. The van der Waals surface area contributed by atoms with Gasteiger partial charge in [-0.25, -0.2) is 0 Å². The fourth-order valence-corrected chi connectivity index (χ4v) is 2.51. The van der Waals surface area contributed by atoms with E-state index < -0.39 is 0 Å². The SMILES string of the molecule is CC(C)(C)NCCOC1CCCc2ccccc21. The van der Waals surface area contributed by atoms with E-state index in [1.54, 1.807) is 0 Å². The molecule has 2 heteroatoms. The molecule has 18 heavy (non-hydrogen) atoms. The van der Waals surface area contributed by atoms with Crippen LogP contribution in [0.15, 0.2) is 24.3 Å². The first-order valence-electron chi connectivity index (χ1n) is 7.01. The number of rotatable bonds is 4. The Morgan fingerprint density at radius 2 is 2.06 bits per heavy atom.